The van der Waals surface area contributed by atoms with Crippen LogP contribution >= 0.6 is 0 Å². The van der Waals surface area contributed by atoms with Gasteiger partial charge in [-0.05, 0) is 32.0 Å². The summed E-state index contributed by atoms with van der Waals surface area (Å²) < 4.78 is 30.0. The van der Waals surface area contributed by atoms with Gasteiger partial charge < -0.3 is 4.90 Å². The minimum atomic E-state index is -3.40. The lowest BCUT2D eigenvalue weighted by Gasteiger charge is -2.28. The van der Waals surface area contributed by atoms with Crippen molar-refractivity contribution in [1.82, 2.24) is 23.3 Å². The number of likely N-dealkylation sites (tertiary alicyclic amines) is 1. The van der Waals surface area contributed by atoms with E-state index in [-0.39, 0.29) is 5.92 Å². The molecule has 7 nitrogen and oxygen atoms in total. The van der Waals surface area contributed by atoms with Crippen LogP contribution in [0.25, 0.3) is 0 Å². The number of fused-ring (bicyclic) bond motifs is 1. The normalized spacial score (nSPS) is 24.6. The van der Waals surface area contributed by atoms with Crippen LogP contribution < -0.4 is 0 Å². The molecule has 1 saturated heterocycles. The zero-order valence-electron chi connectivity index (χ0n) is 13.3. The van der Waals surface area contributed by atoms with E-state index in [9.17, 15) is 8.42 Å². The molecular formula is C14H25N5O2S. The minimum Gasteiger partial charge on any atom is -0.303 e. The van der Waals surface area contributed by atoms with Gasteiger partial charge in [0.25, 0.3) is 10.2 Å². The molecule has 0 bridgehead atoms. The highest BCUT2D eigenvalue weighted by atomic mass is 32.2. The summed E-state index contributed by atoms with van der Waals surface area (Å²) in [6, 6.07) is 1.91. The lowest BCUT2D eigenvalue weighted by Crippen LogP contribution is -2.43. The van der Waals surface area contributed by atoms with E-state index in [1.165, 1.54) is 17.1 Å². The van der Waals surface area contributed by atoms with Crippen molar-refractivity contribution in [1.29, 1.82) is 0 Å². The fourth-order valence-corrected chi connectivity index (χ4v) is 4.50. The zero-order chi connectivity index (χ0) is 15.7. The van der Waals surface area contributed by atoms with Gasteiger partial charge in [-0.3, -0.25) is 4.68 Å². The number of aromatic nitrogens is 2. The molecule has 22 heavy (non-hydrogen) atoms. The lowest BCUT2D eigenvalue weighted by molar-refractivity contribution is 0.230. The summed E-state index contributed by atoms with van der Waals surface area (Å²) in [5.74, 6) is 0.272. The molecule has 2 aliphatic heterocycles. The van der Waals surface area contributed by atoms with Crippen molar-refractivity contribution in [2.75, 3.05) is 40.3 Å². The third-order valence-electron chi connectivity index (χ3n) is 4.54. The first-order valence-corrected chi connectivity index (χ1v) is 9.27. The maximum absolute atomic E-state index is 12.6. The average molecular weight is 327 g/mol. The average Bonchev–Trinajstić information content (AvgIpc) is 3.07. The van der Waals surface area contributed by atoms with Crippen LogP contribution in [0.4, 0.5) is 0 Å². The molecule has 2 aliphatic rings. The van der Waals surface area contributed by atoms with Gasteiger partial charge in [-0.2, -0.15) is 22.1 Å². The van der Waals surface area contributed by atoms with Gasteiger partial charge in [-0.15, -0.1) is 0 Å². The molecule has 3 rings (SSSR count). The van der Waals surface area contributed by atoms with Gasteiger partial charge in [-0.1, -0.05) is 0 Å². The van der Waals surface area contributed by atoms with Gasteiger partial charge in [0.2, 0.25) is 0 Å². The summed E-state index contributed by atoms with van der Waals surface area (Å²) >= 11 is 0. The fraction of sp³-hybridized carbons (Fsp3) is 0.786. The third kappa shape index (κ3) is 3.19. The summed E-state index contributed by atoms with van der Waals surface area (Å²) in [6.07, 6.45) is 4.26. The van der Waals surface area contributed by atoms with Crippen molar-refractivity contribution in [3.63, 3.8) is 0 Å². The van der Waals surface area contributed by atoms with Crippen molar-refractivity contribution in [3.8, 4) is 0 Å². The Morgan fingerprint density at radius 2 is 2.00 bits per heavy atom. The molecular weight excluding hydrogens is 302 g/mol. The van der Waals surface area contributed by atoms with E-state index in [1.807, 2.05) is 10.7 Å². The molecule has 1 fully saturated rings. The van der Waals surface area contributed by atoms with Crippen LogP contribution in [0.2, 0.25) is 0 Å². The highest BCUT2D eigenvalue weighted by Crippen LogP contribution is 2.21. The van der Waals surface area contributed by atoms with E-state index in [4.69, 9.17) is 0 Å². The number of nitrogens with zero attached hydrogens (tertiary/aromatic N) is 5. The topological polar surface area (TPSA) is 61.7 Å². The second-order valence-electron chi connectivity index (χ2n) is 6.46. The molecule has 0 unspecified atom stereocenters. The van der Waals surface area contributed by atoms with Gasteiger partial charge in [0.05, 0.1) is 12.2 Å². The highest BCUT2D eigenvalue weighted by Gasteiger charge is 2.32. The molecule has 3 heterocycles. The van der Waals surface area contributed by atoms with E-state index in [1.54, 1.807) is 24.6 Å². The molecule has 8 heteroatoms. The van der Waals surface area contributed by atoms with Crippen molar-refractivity contribution in [2.45, 2.75) is 25.9 Å². The van der Waals surface area contributed by atoms with Gasteiger partial charge in [0, 0.05) is 45.8 Å². The first kappa shape index (κ1) is 15.9. The molecule has 0 saturated carbocycles. The number of hydrogen-bond acceptors (Lipinski definition) is 4. The molecule has 1 atom stereocenters. The molecule has 0 N–H and O–H groups in total. The van der Waals surface area contributed by atoms with Gasteiger partial charge in [-0.25, -0.2) is 0 Å². The first-order valence-electron chi connectivity index (χ1n) is 7.87. The van der Waals surface area contributed by atoms with E-state index in [0.29, 0.717) is 13.1 Å². The molecule has 0 amide bonds. The second kappa shape index (κ2) is 6.27. The summed E-state index contributed by atoms with van der Waals surface area (Å²) in [4.78, 5) is 2.44. The summed E-state index contributed by atoms with van der Waals surface area (Å²) in [5, 5.41) is 4.37. The monoisotopic (exact) mass is 327 g/mol. The molecule has 0 spiro atoms. The Bertz CT molecular complexity index is 607. The van der Waals surface area contributed by atoms with E-state index < -0.39 is 10.2 Å². The Hall–Kier alpha value is -0.960. The van der Waals surface area contributed by atoms with E-state index in [2.05, 4.69) is 10.00 Å². The van der Waals surface area contributed by atoms with Crippen LogP contribution in [-0.4, -0.2) is 72.0 Å². The number of hydrogen-bond donors (Lipinski definition) is 0. The van der Waals surface area contributed by atoms with Gasteiger partial charge in [0.15, 0.2) is 0 Å². The standard InChI is InChI=1S/C14H25N5O2S/c1-16(2)22(20,21)18-10-13(9-17-7-3-4-8-17)11-19-14(12-18)5-6-15-19/h5-6,13H,3-4,7-12H2,1-2H3/t13-/m1/s1. The summed E-state index contributed by atoms with van der Waals surface area (Å²) in [6.45, 7) is 4.94. The van der Waals surface area contributed by atoms with E-state index >= 15 is 0 Å². The Balaban J connectivity index is 1.82. The van der Waals surface area contributed by atoms with Crippen molar-refractivity contribution < 1.29 is 8.42 Å². The van der Waals surface area contributed by atoms with Crippen molar-refractivity contribution in [2.24, 2.45) is 5.92 Å². The molecule has 1 aromatic heterocycles. The largest absolute Gasteiger partial charge is 0.303 e. The molecule has 0 aromatic carbocycles. The lowest BCUT2D eigenvalue weighted by atomic mass is 10.1. The summed E-state index contributed by atoms with van der Waals surface area (Å²) in [7, 11) is -0.223. The van der Waals surface area contributed by atoms with Crippen LogP contribution in [0, 0.1) is 5.92 Å². The van der Waals surface area contributed by atoms with Crippen LogP contribution in [0.1, 0.15) is 18.5 Å². The predicted molar refractivity (Wildman–Crippen MR) is 84.4 cm³/mol. The van der Waals surface area contributed by atoms with Crippen LogP contribution in [0.3, 0.4) is 0 Å². The smallest absolute Gasteiger partial charge is 0.281 e. The summed E-state index contributed by atoms with van der Waals surface area (Å²) in [5.41, 5.74) is 0.967. The van der Waals surface area contributed by atoms with E-state index in [0.717, 1.165) is 31.9 Å². The Labute approximate surface area is 132 Å². The Morgan fingerprint density at radius 1 is 1.27 bits per heavy atom. The predicted octanol–water partition coefficient (Wildman–Crippen LogP) is 0.217. The Kier molecular flexibility index (Phi) is 4.54. The first-order chi connectivity index (χ1) is 10.5. The Morgan fingerprint density at radius 3 is 2.68 bits per heavy atom. The molecule has 0 radical (unpaired) electrons. The van der Waals surface area contributed by atoms with Crippen LogP contribution in [0.15, 0.2) is 12.3 Å². The maximum atomic E-state index is 12.6. The second-order valence-corrected chi connectivity index (χ2v) is 8.60. The van der Waals surface area contributed by atoms with Gasteiger partial charge in [0.1, 0.15) is 0 Å². The van der Waals surface area contributed by atoms with Crippen molar-refractivity contribution in [3.05, 3.63) is 18.0 Å². The highest BCUT2D eigenvalue weighted by molar-refractivity contribution is 7.86. The van der Waals surface area contributed by atoms with Crippen LogP contribution in [0.5, 0.6) is 0 Å². The quantitative estimate of drug-likeness (QED) is 0.793. The molecule has 0 aliphatic carbocycles. The molecule has 1 aromatic rings. The number of rotatable bonds is 4. The SMILES string of the molecule is CN(C)S(=O)(=O)N1Cc2ccnn2C[C@H](CN2CCCC2)C1. The van der Waals surface area contributed by atoms with Crippen molar-refractivity contribution >= 4 is 10.2 Å². The molecule has 124 valence electrons. The zero-order valence-corrected chi connectivity index (χ0v) is 14.2. The van der Waals surface area contributed by atoms with Crippen LogP contribution in [-0.2, 0) is 23.3 Å². The fourth-order valence-electron chi connectivity index (χ4n) is 3.35. The van der Waals surface area contributed by atoms with Gasteiger partial charge >= 0.3 is 0 Å². The minimum absolute atomic E-state index is 0.272. The maximum Gasteiger partial charge on any atom is 0.281 e. The third-order valence-corrected chi connectivity index (χ3v) is 6.39.